The van der Waals surface area contributed by atoms with E-state index in [1.807, 2.05) is 36.7 Å². The van der Waals surface area contributed by atoms with Crippen molar-refractivity contribution in [3.05, 3.63) is 72.0 Å². The molecule has 0 radical (unpaired) electrons. The summed E-state index contributed by atoms with van der Waals surface area (Å²) in [5.41, 5.74) is 3.75. The van der Waals surface area contributed by atoms with E-state index >= 15 is 0 Å². The van der Waals surface area contributed by atoms with Crippen molar-refractivity contribution in [1.29, 1.82) is 0 Å². The predicted octanol–water partition coefficient (Wildman–Crippen LogP) is 4.70. The largest absolute Gasteiger partial charge is 0.448 e. The van der Waals surface area contributed by atoms with Crippen LogP contribution in [0.4, 0.5) is 5.88 Å². The number of fused-ring (bicyclic) bond motifs is 1. The van der Waals surface area contributed by atoms with Crippen LogP contribution in [-0.4, -0.2) is 29.5 Å². The second-order valence-electron chi connectivity index (χ2n) is 8.38. The number of sulfonamides is 1. The highest BCUT2D eigenvalue weighted by molar-refractivity contribution is 7.92. The Hall–Kier alpha value is -3.13. The van der Waals surface area contributed by atoms with E-state index in [4.69, 9.17) is 4.42 Å². The van der Waals surface area contributed by atoms with Gasteiger partial charge in [-0.3, -0.25) is 4.98 Å². The summed E-state index contributed by atoms with van der Waals surface area (Å²) < 4.78 is 35.5. The fourth-order valence-electron chi connectivity index (χ4n) is 3.65. The lowest BCUT2D eigenvalue weighted by atomic mass is 10.1. The third-order valence-electron chi connectivity index (χ3n) is 5.64. The molecule has 0 amide bonds. The molecule has 0 spiro atoms. The summed E-state index contributed by atoms with van der Waals surface area (Å²) >= 11 is 0. The first-order valence-electron chi connectivity index (χ1n) is 10.7. The number of anilines is 1. The molecule has 0 aliphatic heterocycles. The first-order chi connectivity index (χ1) is 15.3. The minimum atomic E-state index is -3.74. The highest BCUT2D eigenvalue weighted by Crippen LogP contribution is 2.26. The number of pyridine rings is 1. The van der Waals surface area contributed by atoms with Crippen molar-refractivity contribution < 1.29 is 12.8 Å². The van der Waals surface area contributed by atoms with Gasteiger partial charge in [0, 0.05) is 32.3 Å². The Balaban J connectivity index is 1.61. The van der Waals surface area contributed by atoms with Crippen molar-refractivity contribution in [1.82, 2.24) is 14.5 Å². The number of aryl methyl sites for hydroxylation is 2. The van der Waals surface area contributed by atoms with Gasteiger partial charge in [0.15, 0.2) is 0 Å². The lowest BCUT2D eigenvalue weighted by molar-refractivity contribution is 0.530. The summed E-state index contributed by atoms with van der Waals surface area (Å²) in [5, 5.41) is 0. The molecule has 0 unspecified atom stereocenters. The van der Waals surface area contributed by atoms with Gasteiger partial charge in [-0.2, -0.15) is 0 Å². The van der Waals surface area contributed by atoms with Crippen LogP contribution in [0, 0.1) is 12.8 Å². The molecule has 0 bridgehead atoms. The number of hydrogen-bond donors (Lipinski definition) is 0. The van der Waals surface area contributed by atoms with Gasteiger partial charge in [0.25, 0.3) is 10.0 Å². The van der Waals surface area contributed by atoms with Gasteiger partial charge < -0.3 is 8.98 Å². The van der Waals surface area contributed by atoms with E-state index in [-0.39, 0.29) is 4.90 Å². The third kappa shape index (κ3) is 4.27. The smallest absolute Gasteiger partial charge is 0.266 e. The van der Waals surface area contributed by atoms with Gasteiger partial charge in [0.05, 0.1) is 22.4 Å². The Labute approximate surface area is 188 Å². The topological polar surface area (TPSA) is 81.2 Å². The summed E-state index contributed by atoms with van der Waals surface area (Å²) in [6, 6.07) is 12.3. The third-order valence-corrected chi connectivity index (χ3v) is 7.45. The van der Waals surface area contributed by atoms with E-state index < -0.39 is 10.0 Å². The van der Waals surface area contributed by atoms with Crippen molar-refractivity contribution in [2.24, 2.45) is 13.0 Å². The van der Waals surface area contributed by atoms with E-state index in [1.165, 1.54) is 10.6 Å². The van der Waals surface area contributed by atoms with Crippen LogP contribution in [0.15, 0.2) is 64.2 Å². The average Bonchev–Trinajstić information content (AvgIpc) is 3.38. The number of nitrogens with zero attached hydrogens (tertiary/aromatic N) is 4. The summed E-state index contributed by atoms with van der Waals surface area (Å²) in [7, 11) is -1.75. The van der Waals surface area contributed by atoms with Crippen LogP contribution in [0.25, 0.3) is 11.0 Å². The van der Waals surface area contributed by atoms with Gasteiger partial charge in [-0.05, 0) is 49.1 Å². The second-order valence-corrected chi connectivity index (χ2v) is 10.2. The van der Waals surface area contributed by atoms with E-state index in [2.05, 4.69) is 23.8 Å². The highest BCUT2D eigenvalue weighted by Gasteiger charge is 2.27. The average molecular weight is 453 g/mol. The molecule has 3 heterocycles. The lowest BCUT2D eigenvalue weighted by Gasteiger charge is -2.22. The molecule has 0 saturated carbocycles. The molecule has 0 N–H and O–H groups in total. The summed E-state index contributed by atoms with van der Waals surface area (Å²) in [6.45, 7) is 6.46. The van der Waals surface area contributed by atoms with Crippen molar-refractivity contribution in [3.8, 4) is 0 Å². The molecule has 0 aliphatic carbocycles. The minimum Gasteiger partial charge on any atom is -0.448 e. The zero-order valence-corrected chi connectivity index (χ0v) is 19.6. The van der Waals surface area contributed by atoms with Crippen LogP contribution >= 0.6 is 0 Å². The maximum Gasteiger partial charge on any atom is 0.266 e. The maximum absolute atomic E-state index is 13.4. The van der Waals surface area contributed by atoms with Crippen LogP contribution in [0.5, 0.6) is 0 Å². The Kier molecular flexibility index (Phi) is 6.06. The van der Waals surface area contributed by atoms with Gasteiger partial charge in [0.2, 0.25) is 5.88 Å². The van der Waals surface area contributed by atoms with E-state index in [9.17, 15) is 8.42 Å². The van der Waals surface area contributed by atoms with Gasteiger partial charge in [-0.1, -0.05) is 26.0 Å². The molecule has 4 aromatic rings. The van der Waals surface area contributed by atoms with E-state index in [0.29, 0.717) is 24.8 Å². The van der Waals surface area contributed by atoms with Crippen LogP contribution in [0.1, 0.15) is 37.4 Å². The van der Waals surface area contributed by atoms with Gasteiger partial charge >= 0.3 is 0 Å². The van der Waals surface area contributed by atoms with Gasteiger partial charge in [-0.25, -0.2) is 17.7 Å². The van der Waals surface area contributed by atoms with E-state index in [1.54, 1.807) is 30.5 Å². The Morgan fingerprint density at radius 3 is 2.53 bits per heavy atom. The molecule has 0 fully saturated rings. The Bertz CT molecular complexity index is 1310. The first-order valence-corrected chi connectivity index (χ1v) is 12.1. The van der Waals surface area contributed by atoms with Crippen LogP contribution in [0.2, 0.25) is 0 Å². The number of furan rings is 1. The monoisotopic (exact) mass is 452 g/mol. The highest BCUT2D eigenvalue weighted by atomic mass is 32.2. The van der Waals surface area contributed by atoms with Crippen LogP contribution < -0.4 is 4.31 Å². The fraction of sp³-hybridized carbons (Fsp3) is 0.333. The first kappa shape index (κ1) is 22.1. The van der Waals surface area contributed by atoms with Crippen LogP contribution in [-0.2, 0) is 23.5 Å². The maximum atomic E-state index is 13.4. The summed E-state index contributed by atoms with van der Waals surface area (Å²) in [6.07, 6.45) is 4.58. The quantitative estimate of drug-likeness (QED) is 0.387. The molecule has 0 atom stereocenters. The molecule has 4 rings (SSSR count). The van der Waals surface area contributed by atoms with Crippen molar-refractivity contribution >= 4 is 26.9 Å². The van der Waals surface area contributed by atoms with E-state index in [0.717, 1.165) is 34.5 Å². The van der Waals surface area contributed by atoms with Crippen molar-refractivity contribution in [2.75, 3.05) is 10.8 Å². The Morgan fingerprint density at radius 2 is 1.88 bits per heavy atom. The van der Waals surface area contributed by atoms with Gasteiger partial charge in [0.1, 0.15) is 11.3 Å². The number of imidazole rings is 1. The standard InChI is InChI=1S/C24H28N4O3S/c1-17(2)12-14-28(23-6-5-15-31-23)32(29,30)20-9-7-19(8-10-20)16-21-24-22(11-13-25-21)27(4)18(3)26-24/h5-11,13,15,17H,12,14,16H2,1-4H3. The van der Waals surface area contributed by atoms with Gasteiger partial charge in [-0.15, -0.1) is 0 Å². The molecule has 1 aromatic carbocycles. The Morgan fingerprint density at radius 1 is 1.12 bits per heavy atom. The molecule has 32 heavy (non-hydrogen) atoms. The molecule has 8 heteroatoms. The number of benzene rings is 1. The van der Waals surface area contributed by atoms with Crippen molar-refractivity contribution in [2.45, 2.75) is 38.5 Å². The fourth-order valence-corrected chi connectivity index (χ4v) is 5.08. The SMILES string of the molecule is Cc1nc2c(Cc3ccc(S(=O)(=O)N(CCC(C)C)c4ccco4)cc3)nccc2n1C. The number of aromatic nitrogens is 3. The van der Waals surface area contributed by atoms with Crippen LogP contribution in [0.3, 0.4) is 0 Å². The zero-order chi connectivity index (χ0) is 22.9. The zero-order valence-electron chi connectivity index (χ0n) is 18.8. The lowest BCUT2D eigenvalue weighted by Crippen LogP contribution is -2.32. The normalized spacial score (nSPS) is 12.0. The second kappa shape index (κ2) is 8.78. The van der Waals surface area contributed by atoms with Crippen molar-refractivity contribution in [3.63, 3.8) is 0 Å². The number of rotatable bonds is 8. The number of hydrogen-bond acceptors (Lipinski definition) is 5. The molecule has 0 saturated heterocycles. The summed E-state index contributed by atoms with van der Waals surface area (Å²) in [5.74, 6) is 1.63. The minimum absolute atomic E-state index is 0.237. The summed E-state index contributed by atoms with van der Waals surface area (Å²) in [4.78, 5) is 9.39. The molecular formula is C24H28N4O3S. The molecule has 3 aromatic heterocycles. The molecular weight excluding hydrogens is 424 g/mol. The molecule has 7 nitrogen and oxygen atoms in total. The predicted molar refractivity (Wildman–Crippen MR) is 125 cm³/mol. The molecule has 168 valence electrons. The molecule has 0 aliphatic rings.